The average Bonchev–Trinajstić information content (AvgIpc) is 3.25. The molecule has 1 unspecified atom stereocenters. The molecule has 1 heterocycles. The first-order chi connectivity index (χ1) is 11.7. The largest absolute Gasteiger partial charge is 0.479 e. The third kappa shape index (κ3) is 3.27. The van der Waals surface area contributed by atoms with E-state index in [1.807, 2.05) is 0 Å². The molecule has 1 amide bonds. The van der Waals surface area contributed by atoms with E-state index < -0.39 is 33.9 Å². The first-order valence-corrected chi connectivity index (χ1v) is 9.84. The molecule has 2 fully saturated rings. The number of carbonyl (C=O) groups is 2. The maximum absolute atomic E-state index is 14.1. The van der Waals surface area contributed by atoms with Crippen molar-refractivity contribution in [1.82, 2.24) is 4.90 Å². The number of aliphatic carboxylic acids is 1. The zero-order chi connectivity index (χ0) is 18.2. The van der Waals surface area contributed by atoms with Gasteiger partial charge in [-0.2, -0.15) is 0 Å². The molecule has 6 nitrogen and oxygen atoms in total. The number of benzene rings is 1. The normalized spacial score (nSPS) is 24.6. The first-order valence-electron chi connectivity index (χ1n) is 8.30. The zero-order valence-corrected chi connectivity index (χ0v) is 14.5. The average molecular weight is 369 g/mol. The van der Waals surface area contributed by atoms with Gasteiger partial charge in [-0.05, 0) is 37.1 Å². The molecule has 0 radical (unpaired) electrons. The second-order valence-corrected chi connectivity index (χ2v) is 8.95. The summed E-state index contributed by atoms with van der Waals surface area (Å²) in [6.07, 6.45) is 2.88. The Labute approximate surface area is 145 Å². The quantitative estimate of drug-likeness (QED) is 0.877. The molecular weight excluding hydrogens is 349 g/mol. The van der Waals surface area contributed by atoms with E-state index in [1.54, 1.807) is 0 Å². The van der Waals surface area contributed by atoms with Crippen molar-refractivity contribution in [2.45, 2.75) is 47.9 Å². The van der Waals surface area contributed by atoms with E-state index in [1.165, 1.54) is 24.3 Å². The van der Waals surface area contributed by atoms with Gasteiger partial charge in [0.25, 0.3) is 5.91 Å². The first kappa shape index (κ1) is 17.8. The van der Waals surface area contributed by atoms with Gasteiger partial charge in [-0.3, -0.25) is 4.79 Å². The summed E-state index contributed by atoms with van der Waals surface area (Å²) in [5.41, 5.74) is -2.19. The fraction of sp³-hybridized carbons (Fsp3) is 0.529. The molecule has 1 aromatic carbocycles. The van der Waals surface area contributed by atoms with Crippen LogP contribution in [-0.2, 0) is 14.6 Å². The van der Waals surface area contributed by atoms with Crippen LogP contribution in [0.2, 0.25) is 0 Å². The van der Waals surface area contributed by atoms with Gasteiger partial charge in [0.2, 0.25) is 5.67 Å². The molecule has 1 atom stereocenters. The number of rotatable bonds is 4. The van der Waals surface area contributed by atoms with E-state index in [4.69, 9.17) is 5.11 Å². The van der Waals surface area contributed by atoms with Crippen molar-refractivity contribution in [1.29, 1.82) is 0 Å². The number of sulfone groups is 1. The molecule has 8 heteroatoms. The second kappa shape index (κ2) is 6.40. The van der Waals surface area contributed by atoms with Crippen molar-refractivity contribution in [2.75, 3.05) is 13.1 Å². The Morgan fingerprint density at radius 3 is 2.28 bits per heavy atom. The van der Waals surface area contributed by atoms with Crippen LogP contribution in [0.5, 0.6) is 0 Å². The van der Waals surface area contributed by atoms with E-state index in [2.05, 4.69) is 0 Å². The Bertz CT molecular complexity index is 786. The summed E-state index contributed by atoms with van der Waals surface area (Å²) in [6, 6.07) is 5.61. The van der Waals surface area contributed by atoms with Crippen molar-refractivity contribution >= 4 is 21.7 Å². The van der Waals surface area contributed by atoms with E-state index >= 15 is 0 Å². The number of carbonyl (C=O) groups excluding carboxylic acids is 1. The number of carboxylic acids is 1. The summed E-state index contributed by atoms with van der Waals surface area (Å²) < 4.78 is 39.1. The number of hydrogen-bond acceptors (Lipinski definition) is 4. The number of amides is 1. The molecule has 0 bridgehead atoms. The summed E-state index contributed by atoms with van der Waals surface area (Å²) >= 11 is 0. The van der Waals surface area contributed by atoms with Gasteiger partial charge in [0, 0.05) is 18.5 Å². The molecule has 1 N–H and O–H groups in total. The highest BCUT2D eigenvalue weighted by Gasteiger charge is 2.47. The molecule has 1 aromatic rings. The number of carboxylic acid groups (broad SMARTS) is 1. The molecule has 1 saturated heterocycles. The van der Waals surface area contributed by atoms with Crippen molar-refractivity contribution in [2.24, 2.45) is 0 Å². The predicted molar refractivity (Wildman–Crippen MR) is 87.9 cm³/mol. The van der Waals surface area contributed by atoms with Crippen LogP contribution in [0.3, 0.4) is 0 Å². The predicted octanol–water partition coefficient (Wildman–Crippen LogP) is 2.04. The van der Waals surface area contributed by atoms with Crippen LogP contribution >= 0.6 is 0 Å². The van der Waals surface area contributed by atoms with Crippen LogP contribution < -0.4 is 0 Å². The molecule has 136 valence electrons. The van der Waals surface area contributed by atoms with Gasteiger partial charge in [-0.25, -0.2) is 17.6 Å². The van der Waals surface area contributed by atoms with E-state index in [-0.39, 0.29) is 28.7 Å². The smallest absolute Gasteiger partial charge is 0.343 e. The number of likely N-dealkylation sites (tertiary alicyclic amines) is 1. The molecule has 25 heavy (non-hydrogen) atoms. The Kier molecular flexibility index (Phi) is 4.57. The van der Waals surface area contributed by atoms with Crippen molar-refractivity contribution < 1.29 is 27.5 Å². The Balaban J connectivity index is 1.74. The lowest BCUT2D eigenvalue weighted by molar-refractivity contribution is -0.149. The van der Waals surface area contributed by atoms with Crippen molar-refractivity contribution in [3.05, 3.63) is 29.8 Å². The summed E-state index contributed by atoms with van der Waals surface area (Å²) in [4.78, 5) is 24.7. The minimum absolute atomic E-state index is 0.0176. The molecule has 1 aliphatic carbocycles. The number of halogens is 1. The fourth-order valence-corrected chi connectivity index (χ4v) is 5.34. The van der Waals surface area contributed by atoms with Gasteiger partial charge in [-0.1, -0.05) is 12.8 Å². The lowest BCUT2D eigenvalue weighted by Crippen LogP contribution is -2.38. The molecule has 2 aliphatic rings. The summed E-state index contributed by atoms with van der Waals surface area (Å²) in [5.74, 6) is -2.06. The minimum atomic E-state index is -3.39. The summed E-state index contributed by atoms with van der Waals surface area (Å²) in [7, 11) is -3.39. The maximum Gasteiger partial charge on any atom is 0.343 e. The Hall–Kier alpha value is -1.96. The molecular formula is C17H20FNO5S. The van der Waals surface area contributed by atoms with Gasteiger partial charge in [0.1, 0.15) is 0 Å². The van der Waals surface area contributed by atoms with Crippen LogP contribution in [-0.4, -0.2) is 54.3 Å². The van der Waals surface area contributed by atoms with Crippen molar-refractivity contribution in [3.8, 4) is 0 Å². The van der Waals surface area contributed by atoms with Crippen LogP contribution in [0, 0.1) is 0 Å². The highest BCUT2D eigenvalue weighted by molar-refractivity contribution is 7.92. The molecule has 0 aromatic heterocycles. The molecule has 3 rings (SSSR count). The highest BCUT2D eigenvalue weighted by atomic mass is 32.2. The van der Waals surface area contributed by atoms with Gasteiger partial charge in [-0.15, -0.1) is 0 Å². The van der Waals surface area contributed by atoms with Gasteiger partial charge in [0.15, 0.2) is 9.84 Å². The highest BCUT2D eigenvalue weighted by Crippen LogP contribution is 2.30. The monoisotopic (exact) mass is 369 g/mol. The van der Waals surface area contributed by atoms with Gasteiger partial charge >= 0.3 is 5.97 Å². The second-order valence-electron chi connectivity index (χ2n) is 6.72. The van der Waals surface area contributed by atoms with Gasteiger partial charge in [0.05, 0.1) is 16.7 Å². The Morgan fingerprint density at radius 2 is 1.76 bits per heavy atom. The molecule has 1 saturated carbocycles. The zero-order valence-electron chi connectivity index (χ0n) is 13.7. The van der Waals surface area contributed by atoms with E-state index in [9.17, 15) is 22.4 Å². The van der Waals surface area contributed by atoms with Crippen molar-refractivity contribution in [3.63, 3.8) is 0 Å². The standard InChI is InChI=1S/C17H20FNO5S/c18-17(16(21)22)9-10-19(11-17)15(20)12-5-7-14(8-6-12)25(23,24)13-3-1-2-4-13/h5-8,13H,1-4,9-11H2,(H,21,22). The topological polar surface area (TPSA) is 91.8 Å². The van der Waals surface area contributed by atoms with Crippen LogP contribution in [0.4, 0.5) is 4.39 Å². The Morgan fingerprint density at radius 1 is 1.16 bits per heavy atom. The lowest BCUT2D eigenvalue weighted by atomic mass is 10.1. The van der Waals surface area contributed by atoms with E-state index in [0.717, 1.165) is 17.7 Å². The van der Waals surface area contributed by atoms with Gasteiger partial charge < -0.3 is 10.0 Å². The SMILES string of the molecule is O=C(c1ccc(S(=O)(=O)C2CCCC2)cc1)N1CCC(F)(C(=O)O)C1. The summed E-state index contributed by atoms with van der Waals surface area (Å²) in [5, 5.41) is 8.53. The minimum Gasteiger partial charge on any atom is -0.479 e. The van der Waals surface area contributed by atoms with Crippen LogP contribution in [0.15, 0.2) is 29.2 Å². The number of nitrogens with zero attached hydrogens (tertiary/aromatic N) is 1. The third-order valence-corrected chi connectivity index (χ3v) is 7.34. The molecule has 0 spiro atoms. The fourth-order valence-electron chi connectivity index (χ4n) is 3.48. The lowest BCUT2D eigenvalue weighted by Gasteiger charge is -2.18. The van der Waals surface area contributed by atoms with E-state index in [0.29, 0.717) is 12.8 Å². The summed E-state index contributed by atoms with van der Waals surface area (Å²) in [6.45, 7) is -0.479. The third-order valence-electron chi connectivity index (χ3n) is 5.06. The van der Waals surface area contributed by atoms with Crippen LogP contribution in [0.1, 0.15) is 42.5 Å². The number of hydrogen-bond donors (Lipinski definition) is 1. The molecule has 1 aliphatic heterocycles. The number of alkyl halides is 1. The van der Waals surface area contributed by atoms with Crippen LogP contribution in [0.25, 0.3) is 0 Å². The maximum atomic E-state index is 14.1.